The van der Waals surface area contributed by atoms with Crippen LogP contribution in [-0.2, 0) is 10.2 Å². The van der Waals surface area contributed by atoms with E-state index in [4.69, 9.17) is 15.2 Å². The molecule has 3 heteroatoms. The van der Waals surface area contributed by atoms with Crippen molar-refractivity contribution in [1.29, 1.82) is 0 Å². The fraction of sp³-hybridized carbons (Fsp3) is 0.625. The van der Waals surface area contributed by atoms with Gasteiger partial charge in [0.05, 0.1) is 19.8 Å². The number of hydrogen-bond donors (Lipinski definition) is 1. The molecular formula is C16H25NO2. The number of aryl methyl sites for hydroxylation is 1. The molecule has 1 heterocycles. The highest BCUT2D eigenvalue weighted by Crippen LogP contribution is 2.40. The third-order valence-electron chi connectivity index (χ3n) is 3.64. The van der Waals surface area contributed by atoms with Crippen LogP contribution in [0.25, 0.3) is 0 Å². The molecule has 106 valence electrons. The second-order valence-corrected chi connectivity index (χ2v) is 6.35. The largest absolute Gasteiger partial charge is 0.494 e. The molecule has 0 spiro atoms. The summed E-state index contributed by atoms with van der Waals surface area (Å²) in [6.45, 7) is 10.5. The maximum Gasteiger partial charge on any atom is 0.122 e. The van der Waals surface area contributed by atoms with E-state index in [-0.39, 0.29) is 11.0 Å². The molecule has 0 bridgehead atoms. The van der Waals surface area contributed by atoms with Gasteiger partial charge in [-0.1, -0.05) is 12.1 Å². The van der Waals surface area contributed by atoms with Crippen LogP contribution in [-0.4, -0.2) is 25.4 Å². The smallest absolute Gasteiger partial charge is 0.122 e. The van der Waals surface area contributed by atoms with Gasteiger partial charge in [0.1, 0.15) is 5.75 Å². The SMILES string of the molecule is CCOc1ccc(C2(CC(C)(C)N)COC2)cc1C. The predicted molar refractivity (Wildman–Crippen MR) is 77.7 cm³/mol. The van der Waals surface area contributed by atoms with E-state index in [1.54, 1.807) is 0 Å². The van der Waals surface area contributed by atoms with Crippen molar-refractivity contribution >= 4 is 0 Å². The lowest BCUT2D eigenvalue weighted by molar-refractivity contribution is -0.0719. The Balaban J connectivity index is 2.26. The second kappa shape index (κ2) is 5.14. The average molecular weight is 263 g/mol. The van der Waals surface area contributed by atoms with Crippen molar-refractivity contribution in [2.24, 2.45) is 5.73 Å². The Bertz CT molecular complexity index is 445. The number of ether oxygens (including phenoxy) is 2. The molecule has 1 aromatic carbocycles. The van der Waals surface area contributed by atoms with Crippen LogP contribution in [0.4, 0.5) is 0 Å². The molecule has 2 rings (SSSR count). The molecule has 0 aromatic heterocycles. The minimum absolute atomic E-state index is 0.0771. The van der Waals surface area contributed by atoms with Crippen molar-refractivity contribution in [1.82, 2.24) is 0 Å². The zero-order chi connectivity index (χ0) is 14.1. The van der Waals surface area contributed by atoms with E-state index >= 15 is 0 Å². The van der Waals surface area contributed by atoms with Gasteiger partial charge in [0, 0.05) is 11.0 Å². The van der Waals surface area contributed by atoms with E-state index < -0.39 is 0 Å². The van der Waals surface area contributed by atoms with Crippen molar-refractivity contribution in [3.63, 3.8) is 0 Å². The minimum Gasteiger partial charge on any atom is -0.494 e. The maximum atomic E-state index is 6.20. The van der Waals surface area contributed by atoms with Gasteiger partial charge in [0.2, 0.25) is 0 Å². The maximum absolute atomic E-state index is 6.20. The third kappa shape index (κ3) is 3.10. The Kier molecular flexibility index (Phi) is 3.88. The molecule has 0 saturated carbocycles. The van der Waals surface area contributed by atoms with Crippen LogP contribution < -0.4 is 10.5 Å². The van der Waals surface area contributed by atoms with E-state index in [2.05, 4.69) is 39.0 Å². The summed E-state index contributed by atoms with van der Waals surface area (Å²) in [4.78, 5) is 0. The van der Waals surface area contributed by atoms with Gasteiger partial charge in [-0.25, -0.2) is 0 Å². The molecule has 0 unspecified atom stereocenters. The van der Waals surface area contributed by atoms with E-state index in [1.807, 2.05) is 6.92 Å². The van der Waals surface area contributed by atoms with E-state index in [1.165, 1.54) is 11.1 Å². The lowest BCUT2D eigenvalue weighted by atomic mass is 9.70. The zero-order valence-electron chi connectivity index (χ0n) is 12.5. The molecule has 2 N–H and O–H groups in total. The highest BCUT2D eigenvalue weighted by atomic mass is 16.5. The van der Waals surface area contributed by atoms with Crippen LogP contribution in [0.5, 0.6) is 5.75 Å². The molecule has 0 atom stereocenters. The van der Waals surface area contributed by atoms with Crippen LogP contribution in [0.2, 0.25) is 0 Å². The van der Waals surface area contributed by atoms with Crippen molar-refractivity contribution in [3.8, 4) is 5.75 Å². The van der Waals surface area contributed by atoms with Crippen LogP contribution >= 0.6 is 0 Å². The molecule has 1 aromatic rings. The normalized spacial score (nSPS) is 17.9. The molecule has 0 amide bonds. The molecule has 1 aliphatic heterocycles. The zero-order valence-corrected chi connectivity index (χ0v) is 12.5. The molecular weight excluding hydrogens is 238 g/mol. The van der Waals surface area contributed by atoms with Gasteiger partial charge < -0.3 is 15.2 Å². The average Bonchev–Trinajstić information content (AvgIpc) is 2.25. The molecule has 19 heavy (non-hydrogen) atoms. The number of benzene rings is 1. The molecule has 0 aliphatic carbocycles. The van der Waals surface area contributed by atoms with Crippen LogP contribution in [0.15, 0.2) is 18.2 Å². The van der Waals surface area contributed by atoms with E-state index in [0.717, 1.165) is 25.4 Å². The Hall–Kier alpha value is -1.06. The summed E-state index contributed by atoms with van der Waals surface area (Å²) in [6.07, 6.45) is 0.938. The first kappa shape index (κ1) is 14.4. The Morgan fingerprint density at radius 3 is 2.47 bits per heavy atom. The lowest BCUT2D eigenvalue weighted by Gasteiger charge is -2.45. The molecule has 0 radical (unpaired) electrons. The summed E-state index contributed by atoms with van der Waals surface area (Å²) < 4.78 is 11.1. The van der Waals surface area contributed by atoms with Crippen molar-refractivity contribution in [2.45, 2.75) is 45.1 Å². The Morgan fingerprint density at radius 2 is 2.05 bits per heavy atom. The highest BCUT2D eigenvalue weighted by Gasteiger charge is 2.43. The standard InChI is InChI=1S/C16H25NO2/c1-5-19-14-7-6-13(8-12(14)2)16(10-18-11-16)9-15(3,4)17/h6-8H,5,9-11,17H2,1-4H3. The fourth-order valence-corrected chi connectivity index (χ4v) is 2.89. The predicted octanol–water partition coefficient (Wildman–Crippen LogP) is 2.79. The van der Waals surface area contributed by atoms with Crippen molar-refractivity contribution < 1.29 is 9.47 Å². The summed E-state index contributed by atoms with van der Waals surface area (Å²) in [5.41, 5.74) is 8.60. The second-order valence-electron chi connectivity index (χ2n) is 6.35. The first-order chi connectivity index (χ1) is 8.86. The highest BCUT2D eigenvalue weighted by molar-refractivity contribution is 5.40. The summed E-state index contributed by atoms with van der Waals surface area (Å²) in [7, 11) is 0. The summed E-state index contributed by atoms with van der Waals surface area (Å²) >= 11 is 0. The first-order valence-electron chi connectivity index (χ1n) is 6.97. The van der Waals surface area contributed by atoms with Crippen LogP contribution in [0.1, 0.15) is 38.3 Å². The summed E-state index contributed by atoms with van der Waals surface area (Å²) in [6, 6.07) is 6.45. The molecule has 3 nitrogen and oxygen atoms in total. The van der Waals surface area contributed by atoms with Crippen LogP contribution in [0.3, 0.4) is 0 Å². The fourth-order valence-electron chi connectivity index (χ4n) is 2.89. The monoisotopic (exact) mass is 263 g/mol. The van der Waals surface area contributed by atoms with Gasteiger partial charge in [0.25, 0.3) is 0 Å². The minimum atomic E-state index is -0.184. The van der Waals surface area contributed by atoms with Gasteiger partial charge in [0.15, 0.2) is 0 Å². The van der Waals surface area contributed by atoms with E-state index in [0.29, 0.717) is 6.61 Å². The number of rotatable bonds is 5. The van der Waals surface area contributed by atoms with Gasteiger partial charge >= 0.3 is 0 Å². The number of nitrogens with two attached hydrogens (primary N) is 1. The van der Waals surface area contributed by atoms with Crippen molar-refractivity contribution in [3.05, 3.63) is 29.3 Å². The van der Waals surface area contributed by atoms with Crippen LogP contribution in [0, 0.1) is 6.92 Å². The Morgan fingerprint density at radius 1 is 1.37 bits per heavy atom. The topological polar surface area (TPSA) is 44.5 Å². The summed E-state index contributed by atoms with van der Waals surface area (Å²) in [5, 5.41) is 0. The third-order valence-corrected chi connectivity index (χ3v) is 3.64. The van der Waals surface area contributed by atoms with Gasteiger partial charge in [-0.3, -0.25) is 0 Å². The van der Waals surface area contributed by atoms with Gasteiger partial charge in [-0.05, 0) is 51.3 Å². The Labute approximate surface area is 116 Å². The molecule has 1 fully saturated rings. The quantitative estimate of drug-likeness (QED) is 0.888. The van der Waals surface area contributed by atoms with E-state index in [9.17, 15) is 0 Å². The lowest BCUT2D eigenvalue weighted by Crippen LogP contribution is -2.53. The molecule has 1 saturated heterocycles. The molecule has 1 aliphatic rings. The van der Waals surface area contributed by atoms with Gasteiger partial charge in [-0.2, -0.15) is 0 Å². The van der Waals surface area contributed by atoms with Gasteiger partial charge in [-0.15, -0.1) is 0 Å². The summed E-state index contributed by atoms with van der Waals surface area (Å²) in [5.74, 6) is 0.966. The number of hydrogen-bond acceptors (Lipinski definition) is 3. The first-order valence-corrected chi connectivity index (χ1v) is 6.97. The van der Waals surface area contributed by atoms with Crippen molar-refractivity contribution in [2.75, 3.05) is 19.8 Å².